The first-order valence-corrected chi connectivity index (χ1v) is 10.4. The van der Waals surface area contributed by atoms with E-state index in [2.05, 4.69) is 30.0 Å². The van der Waals surface area contributed by atoms with E-state index < -0.39 is 0 Å². The molecule has 1 fully saturated rings. The first-order valence-electron chi connectivity index (χ1n) is 10.4. The van der Waals surface area contributed by atoms with E-state index in [1.807, 2.05) is 32.3 Å². The number of para-hydroxylation sites is 1. The molecule has 0 bridgehead atoms. The van der Waals surface area contributed by atoms with Crippen LogP contribution in [0.15, 0.2) is 42.5 Å². The minimum atomic E-state index is -0.161. The van der Waals surface area contributed by atoms with E-state index >= 15 is 0 Å². The Morgan fingerprint density at radius 2 is 1.79 bits per heavy atom. The summed E-state index contributed by atoms with van der Waals surface area (Å²) in [6, 6.07) is 14.0. The third-order valence-corrected chi connectivity index (χ3v) is 5.74. The fraction of sp³-hybridized carbons (Fsp3) is 0.458. The SMILES string of the molecule is CCC(C(=O)N(C)C)c1ccc(N2CCCCC2)cc1Cc1ccccc1O. The van der Waals surface area contributed by atoms with Crippen LogP contribution < -0.4 is 4.90 Å². The van der Waals surface area contributed by atoms with Crippen LogP contribution in [0, 0.1) is 0 Å². The molecule has 1 amide bonds. The average Bonchev–Trinajstić information content (AvgIpc) is 2.71. The van der Waals surface area contributed by atoms with Crippen molar-refractivity contribution in [1.82, 2.24) is 4.90 Å². The molecule has 0 aromatic heterocycles. The maximum atomic E-state index is 12.8. The molecule has 2 aromatic carbocycles. The van der Waals surface area contributed by atoms with E-state index in [0.29, 0.717) is 12.2 Å². The highest BCUT2D eigenvalue weighted by atomic mass is 16.3. The molecular formula is C24H32N2O2. The van der Waals surface area contributed by atoms with Gasteiger partial charge in [0.2, 0.25) is 5.91 Å². The van der Waals surface area contributed by atoms with Gasteiger partial charge in [0.1, 0.15) is 5.75 Å². The van der Waals surface area contributed by atoms with Gasteiger partial charge in [-0.05, 0) is 60.6 Å². The summed E-state index contributed by atoms with van der Waals surface area (Å²) in [4.78, 5) is 16.9. The van der Waals surface area contributed by atoms with Gasteiger partial charge in [-0.2, -0.15) is 0 Å². The minimum absolute atomic E-state index is 0.131. The molecule has 1 unspecified atom stereocenters. The zero-order valence-corrected chi connectivity index (χ0v) is 17.3. The van der Waals surface area contributed by atoms with Crippen LogP contribution in [0.25, 0.3) is 0 Å². The number of likely N-dealkylation sites (N-methyl/N-ethyl adjacent to an activating group) is 1. The molecule has 1 N–H and O–H groups in total. The average molecular weight is 381 g/mol. The molecule has 0 saturated carbocycles. The number of carbonyl (C=O) groups is 1. The Kier molecular flexibility index (Phi) is 6.61. The van der Waals surface area contributed by atoms with E-state index in [0.717, 1.165) is 36.2 Å². The molecule has 4 nitrogen and oxygen atoms in total. The number of anilines is 1. The molecule has 4 heteroatoms. The number of carbonyl (C=O) groups excluding carboxylic acids is 1. The van der Waals surface area contributed by atoms with Crippen molar-refractivity contribution in [2.45, 2.75) is 44.9 Å². The highest BCUT2D eigenvalue weighted by Crippen LogP contribution is 2.32. The van der Waals surface area contributed by atoms with Crippen LogP contribution in [0.4, 0.5) is 5.69 Å². The maximum Gasteiger partial charge on any atom is 0.229 e. The van der Waals surface area contributed by atoms with Gasteiger partial charge in [0.05, 0.1) is 5.92 Å². The zero-order valence-electron chi connectivity index (χ0n) is 17.3. The normalized spacial score (nSPS) is 15.3. The van der Waals surface area contributed by atoms with Gasteiger partial charge in [-0.15, -0.1) is 0 Å². The Hall–Kier alpha value is -2.49. The van der Waals surface area contributed by atoms with Gasteiger partial charge in [0.25, 0.3) is 0 Å². The molecule has 1 heterocycles. The van der Waals surface area contributed by atoms with Crippen molar-refractivity contribution < 1.29 is 9.90 Å². The molecular weight excluding hydrogens is 348 g/mol. The minimum Gasteiger partial charge on any atom is -0.508 e. The number of hydrogen-bond acceptors (Lipinski definition) is 3. The summed E-state index contributed by atoms with van der Waals surface area (Å²) in [5.74, 6) is 0.279. The summed E-state index contributed by atoms with van der Waals surface area (Å²) in [6.07, 6.45) is 5.14. The van der Waals surface area contributed by atoms with Crippen LogP contribution in [0.2, 0.25) is 0 Å². The summed E-state index contributed by atoms with van der Waals surface area (Å²) >= 11 is 0. The van der Waals surface area contributed by atoms with E-state index in [4.69, 9.17) is 0 Å². The van der Waals surface area contributed by atoms with Crippen molar-refractivity contribution in [3.05, 3.63) is 59.2 Å². The lowest BCUT2D eigenvalue weighted by Crippen LogP contribution is -2.30. The Morgan fingerprint density at radius 1 is 1.07 bits per heavy atom. The zero-order chi connectivity index (χ0) is 20.1. The summed E-state index contributed by atoms with van der Waals surface area (Å²) in [5.41, 5.74) is 4.32. The number of piperidine rings is 1. The lowest BCUT2D eigenvalue weighted by molar-refractivity contribution is -0.130. The van der Waals surface area contributed by atoms with E-state index in [1.54, 1.807) is 11.0 Å². The lowest BCUT2D eigenvalue weighted by atomic mass is 9.87. The third kappa shape index (κ3) is 4.49. The number of aromatic hydroxyl groups is 1. The number of nitrogens with zero attached hydrogens (tertiary/aromatic N) is 2. The van der Waals surface area contributed by atoms with E-state index in [9.17, 15) is 9.90 Å². The fourth-order valence-electron chi connectivity index (χ4n) is 4.14. The van der Waals surface area contributed by atoms with Crippen molar-refractivity contribution in [2.75, 3.05) is 32.1 Å². The number of rotatable bonds is 6. The van der Waals surface area contributed by atoms with Gasteiger partial charge >= 0.3 is 0 Å². The van der Waals surface area contributed by atoms with Crippen molar-refractivity contribution in [3.8, 4) is 5.75 Å². The van der Waals surface area contributed by atoms with Gasteiger partial charge in [-0.3, -0.25) is 4.79 Å². The topological polar surface area (TPSA) is 43.8 Å². The van der Waals surface area contributed by atoms with Crippen LogP contribution in [0.5, 0.6) is 5.75 Å². The Bertz CT molecular complexity index is 810. The standard InChI is InChI=1S/C24H32N2O2/c1-4-21(24(28)25(2)3)22-13-12-20(26-14-8-5-9-15-26)17-19(22)16-18-10-6-7-11-23(18)27/h6-7,10-13,17,21,27H,4-5,8-9,14-16H2,1-3H3. The Labute approximate surface area is 168 Å². The molecule has 1 aliphatic heterocycles. The summed E-state index contributed by atoms with van der Waals surface area (Å²) in [5, 5.41) is 10.3. The number of amides is 1. The van der Waals surface area contributed by atoms with Crippen LogP contribution in [0.3, 0.4) is 0 Å². The van der Waals surface area contributed by atoms with Crippen molar-refractivity contribution in [2.24, 2.45) is 0 Å². The number of benzene rings is 2. The molecule has 0 spiro atoms. The molecule has 0 radical (unpaired) electrons. The van der Waals surface area contributed by atoms with Gasteiger partial charge in [-0.25, -0.2) is 0 Å². The largest absolute Gasteiger partial charge is 0.508 e. The molecule has 3 rings (SSSR count). The summed E-state index contributed by atoms with van der Waals surface area (Å²) in [6.45, 7) is 4.24. The highest BCUT2D eigenvalue weighted by molar-refractivity contribution is 5.84. The van der Waals surface area contributed by atoms with Gasteiger partial charge in [0, 0.05) is 39.3 Å². The fourth-order valence-corrected chi connectivity index (χ4v) is 4.14. The monoisotopic (exact) mass is 380 g/mol. The quantitative estimate of drug-likeness (QED) is 0.799. The molecule has 2 aromatic rings. The second-order valence-corrected chi connectivity index (χ2v) is 7.93. The first kappa shape index (κ1) is 20.2. The number of phenols is 1. The molecule has 0 aliphatic carbocycles. The molecule has 1 atom stereocenters. The summed E-state index contributed by atoms with van der Waals surface area (Å²) in [7, 11) is 3.63. The van der Waals surface area contributed by atoms with Crippen LogP contribution in [-0.2, 0) is 11.2 Å². The van der Waals surface area contributed by atoms with E-state index in [-0.39, 0.29) is 11.8 Å². The molecule has 1 saturated heterocycles. The number of phenolic OH excluding ortho intramolecular Hbond substituents is 1. The van der Waals surface area contributed by atoms with Crippen molar-refractivity contribution in [3.63, 3.8) is 0 Å². The summed E-state index contributed by atoms with van der Waals surface area (Å²) < 4.78 is 0. The maximum absolute atomic E-state index is 12.8. The Morgan fingerprint density at radius 3 is 2.43 bits per heavy atom. The predicted molar refractivity (Wildman–Crippen MR) is 115 cm³/mol. The van der Waals surface area contributed by atoms with Crippen LogP contribution in [0.1, 0.15) is 55.2 Å². The third-order valence-electron chi connectivity index (χ3n) is 5.74. The molecule has 150 valence electrons. The van der Waals surface area contributed by atoms with Crippen LogP contribution in [-0.4, -0.2) is 43.1 Å². The lowest BCUT2D eigenvalue weighted by Gasteiger charge is -2.30. The highest BCUT2D eigenvalue weighted by Gasteiger charge is 2.24. The van der Waals surface area contributed by atoms with E-state index in [1.165, 1.54) is 24.9 Å². The first-order chi connectivity index (χ1) is 13.5. The second-order valence-electron chi connectivity index (χ2n) is 7.93. The van der Waals surface area contributed by atoms with Crippen molar-refractivity contribution in [1.29, 1.82) is 0 Å². The molecule has 1 aliphatic rings. The van der Waals surface area contributed by atoms with Crippen LogP contribution >= 0.6 is 0 Å². The van der Waals surface area contributed by atoms with Gasteiger partial charge < -0.3 is 14.9 Å². The van der Waals surface area contributed by atoms with Gasteiger partial charge in [0.15, 0.2) is 0 Å². The van der Waals surface area contributed by atoms with Gasteiger partial charge in [-0.1, -0.05) is 31.2 Å². The predicted octanol–water partition coefficient (Wildman–Crippen LogP) is 4.56. The smallest absolute Gasteiger partial charge is 0.229 e. The Balaban J connectivity index is 2.02. The van der Waals surface area contributed by atoms with Crippen molar-refractivity contribution >= 4 is 11.6 Å². The number of hydrogen-bond donors (Lipinski definition) is 1. The second kappa shape index (κ2) is 9.13. The molecule has 28 heavy (non-hydrogen) atoms.